The highest BCUT2D eigenvalue weighted by molar-refractivity contribution is 6.02. The molecule has 2 bridgehead atoms. The molecule has 3 saturated heterocycles. The van der Waals surface area contributed by atoms with Crippen molar-refractivity contribution in [3.8, 4) is 5.75 Å². The second-order valence-electron chi connectivity index (χ2n) is 11.4. The van der Waals surface area contributed by atoms with Crippen LogP contribution in [0.5, 0.6) is 5.75 Å². The van der Waals surface area contributed by atoms with Crippen LogP contribution in [0.3, 0.4) is 0 Å². The molecule has 0 aliphatic carbocycles. The lowest BCUT2D eigenvalue weighted by molar-refractivity contribution is -0.141. The topological polar surface area (TPSA) is 148 Å². The third-order valence-electron chi connectivity index (χ3n) is 8.91. The number of amides is 3. The maximum atomic E-state index is 14.1. The van der Waals surface area contributed by atoms with E-state index in [1.165, 1.54) is 0 Å². The number of fused-ring (bicyclic) bond motifs is 2. The van der Waals surface area contributed by atoms with Gasteiger partial charge in [-0.25, -0.2) is 4.68 Å². The van der Waals surface area contributed by atoms with Crippen LogP contribution < -0.4 is 15.4 Å². The Labute approximate surface area is 249 Å². The summed E-state index contributed by atoms with van der Waals surface area (Å²) < 4.78 is 13.6. The Hall–Kier alpha value is -4.03. The first-order valence-corrected chi connectivity index (χ1v) is 15.2. The zero-order chi connectivity index (χ0) is 30.0. The molecule has 43 heavy (non-hydrogen) atoms. The molecule has 4 heterocycles. The van der Waals surface area contributed by atoms with Crippen LogP contribution in [0.1, 0.15) is 45.4 Å². The van der Waals surface area contributed by atoms with Crippen LogP contribution in [0.2, 0.25) is 0 Å². The first kappa shape index (κ1) is 29.1. The Balaban J connectivity index is 1.22. The zero-order valence-corrected chi connectivity index (χ0v) is 24.3. The van der Waals surface area contributed by atoms with Crippen molar-refractivity contribution in [1.29, 1.82) is 0 Å². The van der Waals surface area contributed by atoms with Gasteiger partial charge < -0.3 is 30.1 Å². The Morgan fingerprint density at radius 2 is 1.88 bits per heavy atom. The number of rotatable bonds is 13. The molecule has 5 atom stereocenters. The van der Waals surface area contributed by atoms with Crippen molar-refractivity contribution in [3.05, 3.63) is 48.5 Å². The number of nitrogens with zero attached hydrogens (tertiary/aromatic N) is 4. The Kier molecular flexibility index (Phi) is 8.31. The number of hydrogen-bond acceptors (Lipinski definition) is 8. The van der Waals surface area contributed by atoms with Gasteiger partial charge in [-0.1, -0.05) is 30.2 Å². The van der Waals surface area contributed by atoms with E-state index in [-0.39, 0.29) is 31.0 Å². The summed E-state index contributed by atoms with van der Waals surface area (Å²) in [6, 6.07) is 13.7. The van der Waals surface area contributed by atoms with Gasteiger partial charge in [0.05, 0.1) is 30.1 Å². The van der Waals surface area contributed by atoms with Crippen molar-refractivity contribution < 1.29 is 29.0 Å². The number of nitrogens with one attached hydrogen (secondary N) is 2. The molecule has 3 aliphatic heterocycles. The molecule has 12 nitrogen and oxygen atoms in total. The smallest absolute Gasteiger partial charge is 0.247 e. The number of ether oxygens (including phenoxy) is 2. The quantitative estimate of drug-likeness (QED) is 0.257. The lowest BCUT2D eigenvalue weighted by Gasteiger charge is -2.33. The number of carbonyl (C=O) groups is 3. The summed E-state index contributed by atoms with van der Waals surface area (Å²) in [5, 5.41) is 23.4. The molecule has 1 aromatic heterocycles. The van der Waals surface area contributed by atoms with Crippen LogP contribution in [0.15, 0.2) is 48.5 Å². The SMILES string of the molecule is CCOc1ccc(NC(=O)[C@@H]2[C@H]3C(=O)N(CCCCCCO)C(C(=O)NCn4nnc5ccccc54)C34CC[C@H]2O4)cc1. The average molecular weight is 591 g/mol. The molecule has 3 amide bonds. The largest absolute Gasteiger partial charge is 0.494 e. The number of aromatic nitrogens is 3. The van der Waals surface area contributed by atoms with E-state index in [4.69, 9.17) is 14.6 Å². The summed E-state index contributed by atoms with van der Waals surface area (Å²) in [5.41, 5.74) is 1.02. The third kappa shape index (κ3) is 5.33. The number of hydrogen-bond donors (Lipinski definition) is 3. The number of carbonyl (C=O) groups excluding carboxylic acids is 3. The van der Waals surface area contributed by atoms with Gasteiger partial charge >= 0.3 is 0 Å². The fourth-order valence-electron chi connectivity index (χ4n) is 7.05. The number of aliphatic hydroxyl groups excluding tert-OH is 1. The van der Waals surface area contributed by atoms with Gasteiger partial charge in [-0.2, -0.15) is 0 Å². The van der Waals surface area contributed by atoms with E-state index in [0.29, 0.717) is 50.3 Å². The van der Waals surface area contributed by atoms with Crippen molar-refractivity contribution >= 4 is 34.4 Å². The van der Waals surface area contributed by atoms with Crippen molar-refractivity contribution in [2.24, 2.45) is 11.8 Å². The lowest BCUT2D eigenvalue weighted by Crippen LogP contribution is -2.55. The van der Waals surface area contributed by atoms with Crippen LogP contribution in [0, 0.1) is 11.8 Å². The molecule has 0 saturated carbocycles. The standard InChI is InChI=1S/C31H38N6O6/c1-2-42-21-13-11-20(12-14-21)33-28(39)25-24-15-16-31(43-24)26(25)30(41)36(17-7-3-4-8-18-38)27(31)29(40)32-19-37-23-10-6-5-9-22(23)34-35-37/h5-6,9-14,24-27,38H,2-4,7-8,15-19H2,1H3,(H,32,40)(H,33,39)/t24-,25+,26+,27?,31?/m1/s1. The van der Waals surface area contributed by atoms with Crippen molar-refractivity contribution in [3.63, 3.8) is 0 Å². The number of benzene rings is 2. The molecule has 3 N–H and O–H groups in total. The Morgan fingerprint density at radius 3 is 2.67 bits per heavy atom. The third-order valence-corrected chi connectivity index (χ3v) is 8.91. The predicted octanol–water partition coefficient (Wildman–Crippen LogP) is 2.47. The second-order valence-corrected chi connectivity index (χ2v) is 11.4. The van der Waals surface area contributed by atoms with Crippen LogP contribution in [0.4, 0.5) is 5.69 Å². The number of anilines is 1. The first-order valence-electron chi connectivity index (χ1n) is 15.2. The van der Waals surface area contributed by atoms with Crippen LogP contribution in [-0.4, -0.2) is 80.2 Å². The van der Waals surface area contributed by atoms with Gasteiger partial charge in [0.15, 0.2) is 0 Å². The van der Waals surface area contributed by atoms with E-state index < -0.39 is 29.6 Å². The number of para-hydroxylation sites is 1. The lowest BCUT2D eigenvalue weighted by atomic mass is 9.70. The van der Waals surface area contributed by atoms with Gasteiger partial charge in [0, 0.05) is 18.8 Å². The van der Waals surface area contributed by atoms with Gasteiger partial charge in [-0.15, -0.1) is 5.10 Å². The maximum absolute atomic E-state index is 14.1. The van der Waals surface area contributed by atoms with Gasteiger partial charge in [-0.3, -0.25) is 14.4 Å². The van der Waals surface area contributed by atoms with E-state index in [1.807, 2.05) is 31.2 Å². The van der Waals surface area contributed by atoms with Gasteiger partial charge in [0.25, 0.3) is 0 Å². The van der Waals surface area contributed by atoms with Crippen molar-refractivity contribution in [2.45, 2.75) is 69.9 Å². The summed E-state index contributed by atoms with van der Waals surface area (Å²) in [4.78, 5) is 43.4. The minimum atomic E-state index is -1.08. The molecule has 2 unspecified atom stereocenters. The van der Waals surface area contributed by atoms with E-state index in [0.717, 1.165) is 23.9 Å². The Morgan fingerprint density at radius 1 is 1.09 bits per heavy atom. The molecular weight excluding hydrogens is 552 g/mol. The maximum Gasteiger partial charge on any atom is 0.247 e. The fourth-order valence-corrected chi connectivity index (χ4v) is 7.05. The first-order chi connectivity index (χ1) is 21.0. The fraction of sp³-hybridized carbons (Fsp3) is 0.516. The minimum absolute atomic E-state index is 0.0835. The summed E-state index contributed by atoms with van der Waals surface area (Å²) in [6.45, 7) is 3.02. The molecular formula is C31H38N6O6. The highest BCUT2D eigenvalue weighted by Crippen LogP contribution is 2.58. The number of unbranched alkanes of at least 4 members (excludes halogenated alkanes) is 3. The predicted molar refractivity (Wildman–Crippen MR) is 157 cm³/mol. The monoisotopic (exact) mass is 590 g/mol. The average Bonchev–Trinajstić information content (AvgIpc) is 3.76. The molecule has 0 radical (unpaired) electrons. The molecule has 2 aromatic carbocycles. The zero-order valence-electron chi connectivity index (χ0n) is 24.3. The van der Waals surface area contributed by atoms with Crippen LogP contribution >= 0.6 is 0 Å². The molecule has 3 fully saturated rings. The molecule has 3 aliphatic rings. The van der Waals surface area contributed by atoms with E-state index >= 15 is 0 Å². The number of likely N-dealkylation sites (tertiary alicyclic amines) is 1. The summed E-state index contributed by atoms with van der Waals surface area (Å²) >= 11 is 0. The van der Waals surface area contributed by atoms with E-state index in [1.54, 1.807) is 33.8 Å². The van der Waals surface area contributed by atoms with Gasteiger partial charge in [0.2, 0.25) is 17.7 Å². The highest BCUT2D eigenvalue weighted by Gasteiger charge is 2.74. The van der Waals surface area contributed by atoms with Crippen LogP contribution in [-0.2, 0) is 25.8 Å². The summed E-state index contributed by atoms with van der Waals surface area (Å²) in [5.74, 6) is -1.60. The summed E-state index contributed by atoms with van der Waals surface area (Å²) in [6.07, 6.45) is 3.67. The van der Waals surface area contributed by atoms with Gasteiger partial charge in [0.1, 0.15) is 29.6 Å². The number of aliphatic hydroxyl groups is 1. The van der Waals surface area contributed by atoms with Crippen LogP contribution in [0.25, 0.3) is 11.0 Å². The molecule has 12 heteroatoms. The van der Waals surface area contributed by atoms with E-state index in [9.17, 15) is 14.4 Å². The Bertz CT molecular complexity index is 1480. The molecule has 6 rings (SSSR count). The van der Waals surface area contributed by atoms with Gasteiger partial charge in [-0.05, 0) is 69.0 Å². The summed E-state index contributed by atoms with van der Waals surface area (Å²) in [7, 11) is 0. The molecule has 3 aromatic rings. The normalized spacial score (nSPS) is 25.7. The van der Waals surface area contributed by atoms with E-state index in [2.05, 4.69) is 20.9 Å². The minimum Gasteiger partial charge on any atom is -0.494 e. The highest BCUT2D eigenvalue weighted by atomic mass is 16.5. The second kappa shape index (κ2) is 12.3. The molecule has 228 valence electrons. The van der Waals surface area contributed by atoms with Crippen molar-refractivity contribution in [2.75, 3.05) is 25.1 Å². The van der Waals surface area contributed by atoms with Crippen molar-refractivity contribution in [1.82, 2.24) is 25.2 Å². The molecule has 1 spiro atoms.